The summed E-state index contributed by atoms with van der Waals surface area (Å²) < 4.78 is 0. The maximum Gasteiger partial charge on any atom is 0.157 e. The van der Waals surface area contributed by atoms with Gasteiger partial charge in [0.2, 0.25) is 0 Å². The average molecular weight is 255 g/mol. The van der Waals surface area contributed by atoms with Crippen molar-refractivity contribution >= 4 is 0 Å². The molecule has 0 bridgehead atoms. The molecule has 2 atom stereocenters. The number of aromatic hydroxyl groups is 2. The van der Waals surface area contributed by atoms with Crippen LogP contribution in [0.4, 0.5) is 0 Å². The first-order valence-electron chi connectivity index (χ1n) is 6.47. The molecule has 2 aromatic carbocycles. The lowest BCUT2D eigenvalue weighted by Gasteiger charge is -2.20. The van der Waals surface area contributed by atoms with E-state index < -0.39 is 0 Å². The van der Waals surface area contributed by atoms with Gasteiger partial charge in [-0.3, -0.25) is 0 Å². The van der Waals surface area contributed by atoms with Crippen molar-refractivity contribution in [3.8, 4) is 11.5 Å². The van der Waals surface area contributed by atoms with Gasteiger partial charge in [0.25, 0.3) is 0 Å². The first kappa shape index (κ1) is 12.1. The van der Waals surface area contributed by atoms with Crippen LogP contribution in [-0.2, 0) is 6.42 Å². The lowest BCUT2D eigenvalue weighted by atomic mass is 9.90. The first-order chi connectivity index (χ1) is 9.20. The van der Waals surface area contributed by atoms with Gasteiger partial charge in [-0.1, -0.05) is 30.3 Å². The van der Waals surface area contributed by atoms with Crippen LogP contribution in [0.5, 0.6) is 11.5 Å². The highest BCUT2D eigenvalue weighted by Crippen LogP contribution is 2.42. The van der Waals surface area contributed by atoms with Crippen LogP contribution >= 0.6 is 0 Å². The molecule has 0 radical (unpaired) electrons. The molecule has 0 unspecified atom stereocenters. The molecule has 3 nitrogen and oxygen atoms in total. The summed E-state index contributed by atoms with van der Waals surface area (Å²) in [4.78, 5) is 0. The second-order valence-corrected chi connectivity index (χ2v) is 5.03. The number of fused-ring (bicyclic) bond motifs is 1. The Labute approximate surface area is 112 Å². The normalized spacial score (nSPS) is 21.3. The van der Waals surface area contributed by atoms with Crippen molar-refractivity contribution < 1.29 is 10.2 Å². The topological polar surface area (TPSA) is 52.5 Å². The molecule has 0 spiro atoms. The minimum atomic E-state index is -0.0450. The average Bonchev–Trinajstić information content (AvgIpc) is 2.78. The molecule has 3 rings (SSSR count). The van der Waals surface area contributed by atoms with E-state index in [2.05, 4.69) is 17.4 Å². The molecule has 0 saturated heterocycles. The van der Waals surface area contributed by atoms with Crippen LogP contribution in [0.2, 0.25) is 0 Å². The van der Waals surface area contributed by atoms with Crippen molar-refractivity contribution in [2.24, 2.45) is 0 Å². The summed E-state index contributed by atoms with van der Waals surface area (Å²) in [5.74, 6) is 0.131. The number of hydrogen-bond donors (Lipinski definition) is 3. The van der Waals surface area contributed by atoms with Gasteiger partial charge in [-0.05, 0) is 42.3 Å². The third-order valence-electron chi connectivity index (χ3n) is 3.94. The van der Waals surface area contributed by atoms with Crippen LogP contribution in [0.25, 0.3) is 0 Å². The zero-order valence-electron chi connectivity index (χ0n) is 10.8. The lowest BCUT2D eigenvalue weighted by molar-refractivity contribution is 0.403. The maximum absolute atomic E-state index is 9.74. The molecule has 0 heterocycles. The molecule has 0 saturated carbocycles. The minimum absolute atomic E-state index is 0.0395. The molecule has 0 amide bonds. The second-order valence-electron chi connectivity index (χ2n) is 5.03. The summed E-state index contributed by atoms with van der Waals surface area (Å²) in [5.41, 5.74) is 3.43. The zero-order chi connectivity index (χ0) is 13.4. The van der Waals surface area contributed by atoms with Crippen molar-refractivity contribution in [2.45, 2.75) is 18.4 Å². The fourth-order valence-electron chi connectivity index (χ4n) is 3.02. The van der Waals surface area contributed by atoms with Crippen molar-refractivity contribution in [3.05, 3.63) is 59.2 Å². The monoisotopic (exact) mass is 255 g/mol. The number of rotatable bonds is 2. The van der Waals surface area contributed by atoms with E-state index in [0.717, 1.165) is 17.5 Å². The summed E-state index contributed by atoms with van der Waals surface area (Å²) in [6, 6.07) is 13.9. The van der Waals surface area contributed by atoms with Gasteiger partial charge in [-0.2, -0.15) is 0 Å². The van der Waals surface area contributed by atoms with E-state index in [1.165, 1.54) is 5.56 Å². The van der Waals surface area contributed by atoms with Gasteiger partial charge >= 0.3 is 0 Å². The highest BCUT2D eigenvalue weighted by molar-refractivity contribution is 5.53. The van der Waals surface area contributed by atoms with E-state index in [-0.39, 0.29) is 17.4 Å². The van der Waals surface area contributed by atoms with Crippen LogP contribution in [0.1, 0.15) is 22.6 Å². The van der Waals surface area contributed by atoms with Gasteiger partial charge in [0, 0.05) is 12.0 Å². The van der Waals surface area contributed by atoms with Crippen LogP contribution in [0.15, 0.2) is 42.5 Å². The standard InChI is InChI=1S/C16H17NO2/c1-17-13-7-11-8-14(18)15(19)9-12(11)16(13)10-5-3-2-4-6-10/h2-6,8-9,13,16-19H,7H2,1H3/t13-,16-/m0/s1. The largest absolute Gasteiger partial charge is 0.504 e. The molecule has 1 aliphatic rings. The van der Waals surface area contributed by atoms with Crippen molar-refractivity contribution in [1.82, 2.24) is 5.32 Å². The lowest BCUT2D eigenvalue weighted by Crippen LogP contribution is -2.29. The van der Waals surface area contributed by atoms with Crippen LogP contribution < -0.4 is 5.32 Å². The number of nitrogens with one attached hydrogen (secondary N) is 1. The van der Waals surface area contributed by atoms with Crippen LogP contribution in [0.3, 0.4) is 0 Å². The summed E-state index contributed by atoms with van der Waals surface area (Å²) >= 11 is 0. The first-order valence-corrected chi connectivity index (χ1v) is 6.47. The molecule has 1 aliphatic carbocycles. The number of benzene rings is 2. The Hall–Kier alpha value is -2.00. The van der Waals surface area contributed by atoms with Gasteiger partial charge in [-0.25, -0.2) is 0 Å². The smallest absolute Gasteiger partial charge is 0.157 e. The SMILES string of the molecule is CN[C@H]1Cc2cc(O)c(O)cc2[C@@H]1c1ccccc1. The highest BCUT2D eigenvalue weighted by Gasteiger charge is 2.33. The summed E-state index contributed by atoms with van der Waals surface area (Å²) in [6.07, 6.45) is 0.860. The molecule has 0 aliphatic heterocycles. The van der Waals surface area contributed by atoms with E-state index in [1.807, 2.05) is 25.2 Å². The Morgan fingerprint density at radius 3 is 2.42 bits per heavy atom. The third-order valence-corrected chi connectivity index (χ3v) is 3.94. The van der Waals surface area contributed by atoms with Gasteiger partial charge in [-0.15, -0.1) is 0 Å². The maximum atomic E-state index is 9.74. The summed E-state index contributed by atoms with van der Waals surface area (Å²) in [5, 5.41) is 22.7. The van der Waals surface area contributed by atoms with E-state index in [9.17, 15) is 10.2 Å². The molecule has 2 aromatic rings. The molecule has 3 N–H and O–H groups in total. The van der Waals surface area contributed by atoms with Gasteiger partial charge in [0.1, 0.15) is 0 Å². The molecule has 0 aromatic heterocycles. The Kier molecular flexibility index (Phi) is 2.91. The van der Waals surface area contributed by atoms with Crippen LogP contribution in [-0.4, -0.2) is 23.3 Å². The molecular weight excluding hydrogens is 238 g/mol. The Morgan fingerprint density at radius 2 is 1.74 bits per heavy atom. The van der Waals surface area contributed by atoms with Crippen molar-refractivity contribution in [2.75, 3.05) is 7.05 Å². The van der Waals surface area contributed by atoms with Crippen molar-refractivity contribution in [3.63, 3.8) is 0 Å². The summed E-state index contributed by atoms with van der Waals surface area (Å²) in [6.45, 7) is 0. The molecule has 19 heavy (non-hydrogen) atoms. The van der Waals surface area contributed by atoms with E-state index in [0.29, 0.717) is 6.04 Å². The highest BCUT2D eigenvalue weighted by atomic mass is 16.3. The zero-order valence-corrected chi connectivity index (χ0v) is 10.8. The molecule has 0 fully saturated rings. The van der Waals surface area contributed by atoms with E-state index in [4.69, 9.17) is 0 Å². The number of hydrogen-bond acceptors (Lipinski definition) is 3. The Balaban J connectivity index is 2.12. The fraction of sp³-hybridized carbons (Fsp3) is 0.250. The predicted molar refractivity (Wildman–Crippen MR) is 74.6 cm³/mol. The minimum Gasteiger partial charge on any atom is -0.504 e. The van der Waals surface area contributed by atoms with E-state index >= 15 is 0 Å². The molecular formula is C16H17NO2. The van der Waals surface area contributed by atoms with E-state index in [1.54, 1.807) is 12.1 Å². The quantitative estimate of drug-likeness (QED) is 0.722. The predicted octanol–water partition coefficient (Wildman–Crippen LogP) is 2.37. The summed E-state index contributed by atoms with van der Waals surface area (Å²) in [7, 11) is 1.95. The van der Waals surface area contributed by atoms with Gasteiger partial charge in [0.05, 0.1) is 0 Å². The number of phenols is 2. The van der Waals surface area contributed by atoms with Gasteiger partial charge in [0.15, 0.2) is 11.5 Å². The molecule has 98 valence electrons. The Bertz CT molecular complexity index is 595. The van der Waals surface area contributed by atoms with Crippen LogP contribution in [0, 0.1) is 0 Å². The second kappa shape index (κ2) is 4.59. The number of phenolic OH excluding ortho intramolecular Hbond substituents is 2. The number of likely N-dealkylation sites (N-methyl/N-ethyl adjacent to an activating group) is 1. The Morgan fingerprint density at radius 1 is 1.05 bits per heavy atom. The molecule has 3 heteroatoms. The fourth-order valence-corrected chi connectivity index (χ4v) is 3.02. The van der Waals surface area contributed by atoms with Crippen molar-refractivity contribution in [1.29, 1.82) is 0 Å². The van der Waals surface area contributed by atoms with Gasteiger partial charge < -0.3 is 15.5 Å². The third kappa shape index (κ3) is 1.96.